The molecule has 0 radical (unpaired) electrons. The van der Waals surface area contributed by atoms with Crippen LogP contribution in [0.4, 0.5) is 38.0 Å². The first-order valence-electron chi connectivity index (χ1n) is 13.6. The molecule has 0 N–H and O–H groups in total. The van der Waals surface area contributed by atoms with Gasteiger partial charge >= 0.3 is 12.4 Å². The second-order valence-electron chi connectivity index (χ2n) is 10.9. The Bertz CT molecular complexity index is 1350. The number of hydrogen-bond donors (Lipinski definition) is 0. The average molecular weight is 583 g/mol. The van der Waals surface area contributed by atoms with Gasteiger partial charge in [-0.05, 0) is 79.6 Å². The molecule has 2 aliphatic rings. The molecule has 13 heteroatoms. The third-order valence-electron chi connectivity index (χ3n) is 7.63. The summed E-state index contributed by atoms with van der Waals surface area (Å²) in [5.41, 5.74) is 1.10. The molecule has 7 nitrogen and oxygen atoms in total. The molecule has 3 heterocycles. The zero-order valence-corrected chi connectivity index (χ0v) is 23.1. The molecule has 2 aromatic carbocycles. The summed E-state index contributed by atoms with van der Waals surface area (Å²) in [4.78, 5) is 5.20. The van der Waals surface area contributed by atoms with Crippen LogP contribution in [0.5, 0.6) is 0 Å². The molecule has 0 bridgehead atoms. The maximum Gasteiger partial charge on any atom is 0.416 e. The molecule has 0 aliphatic carbocycles. The van der Waals surface area contributed by atoms with Crippen LogP contribution >= 0.6 is 0 Å². The van der Waals surface area contributed by atoms with Gasteiger partial charge in [0.15, 0.2) is 0 Å². The number of anilines is 2. The Hall–Kier alpha value is -3.35. The predicted octanol–water partition coefficient (Wildman–Crippen LogP) is 6.39. The zero-order chi connectivity index (χ0) is 29.5. The van der Waals surface area contributed by atoms with Crippen molar-refractivity contribution in [3.05, 3.63) is 63.7 Å². The average Bonchev–Trinajstić information content (AvgIpc) is 3.51. The molecule has 2 aliphatic heterocycles. The molecule has 3 aromatic rings. The molecule has 0 amide bonds. The SMILES string of the molecule is Cc1cc(C)c2c(c1)C(N(Cc1cc(C(F)(F)F)cc(C(F)(F)F)c1)c1nnn(C)n1)CCCN2C[C@@H]1CCCO1. The molecule has 0 saturated carbocycles. The third kappa shape index (κ3) is 6.44. The predicted molar refractivity (Wildman–Crippen MR) is 141 cm³/mol. The highest BCUT2D eigenvalue weighted by Crippen LogP contribution is 2.42. The number of hydrogen-bond acceptors (Lipinski definition) is 6. The number of fused-ring (bicyclic) bond motifs is 1. The van der Waals surface area contributed by atoms with Crippen LogP contribution in [0.3, 0.4) is 0 Å². The van der Waals surface area contributed by atoms with E-state index in [1.54, 1.807) is 11.9 Å². The van der Waals surface area contributed by atoms with E-state index in [0.717, 1.165) is 66.9 Å². The Labute approximate surface area is 234 Å². The van der Waals surface area contributed by atoms with Crippen LogP contribution in [0.2, 0.25) is 0 Å². The fourth-order valence-electron chi connectivity index (χ4n) is 5.98. The minimum absolute atomic E-state index is 0.101. The van der Waals surface area contributed by atoms with Crippen molar-refractivity contribution in [1.29, 1.82) is 0 Å². The van der Waals surface area contributed by atoms with Crippen molar-refractivity contribution >= 4 is 11.6 Å². The van der Waals surface area contributed by atoms with Crippen LogP contribution in [0, 0.1) is 13.8 Å². The minimum Gasteiger partial charge on any atom is -0.376 e. The molecule has 5 rings (SSSR count). The Morgan fingerprint density at radius 1 is 0.951 bits per heavy atom. The zero-order valence-electron chi connectivity index (χ0n) is 23.1. The lowest BCUT2D eigenvalue weighted by Gasteiger charge is -2.34. The summed E-state index contributed by atoms with van der Waals surface area (Å²) in [6.07, 6.45) is -6.51. The van der Waals surface area contributed by atoms with Crippen molar-refractivity contribution in [3.63, 3.8) is 0 Å². The molecule has 1 unspecified atom stereocenters. The topological polar surface area (TPSA) is 59.3 Å². The van der Waals surface area contributed by atoms with Crippen molar-refractivity contribution in [1.82, 2.24) is 20.2 Å². The van der Waals surface area contributed by atoms with Crippen LogP contribution in [0.1, 0.15) is 65.1 Å². The summed E-state index contributed by atoms with van der Waals surface area (Å²) in [7, 11) is 1.55. The van der Waals surface area contributed by atoms with Crippen LogP contribution in [-0.4, -0.2) is 46.0 Å². The largest absolute Gasteiger partial charge is 0.416 e. The quantitative estimate of drug-likeness (QED) is 0.314. The normalized spacial score (nSPS) is 19.8. The molecule has 41 heavy (non-hydrogen) atoms. The van der Waals surface area contributed by atoms with Crippen LogP contribution in [0.15, 0.2) is 30.3 Å². The maximum absolute atomic E-state index is 13.7. The number of tetrazole rings is 1. The third-order valence-corrected chi connectivity index (χ3v) is 7.63. The van der Waals surface area contributed by atoms with Crippen molar-refractivity contribution < 1.29 is 31.1 Å². The lowest BCUT2D eigenvalue weighted by molar-refractivity contribution is -0.143. The summed E-state index contributed by atoms with van der Waals surface area (Å²) in [6, 6.07) is 5.37. The van der Waals surface area contributed by atoms with Crippen LogP contribution < -0.4 is 9.80 Å². The van der Waals surface area contributed by atoms with E-state index in [1.165, 1.54) is 4.80 Å². The van der Waals surface area contributed by atoms with E-state index in [2.05, 4.69) is 26.4 Å². The Balaban J connectivity index is 1.61. The van der Waals surface area contributed by atoms with Crippen molar-refractivity contribution in [2.24, 2.45) is 7.05 Å². The summed E-state index contributed by atoms with van der Waals surface area (Å²) in [5, 5.41) is 12.4. The van der Waals surface area contributed by atoms with E-state index in [0.29, 0.717) is 13.0 Å². The van der Waals surface area contributed by atoms with Gasteiger partial charge in [-0.25, -0.2) is 0 Å². The van der Waals surface area contributed by atoms with Gasteiger partial charge in [0.25, 0.3) is 5.95 Å². The molecule has 0 spiro atoms. The highest BCUT2D eigenvalue weighted by Gasteiger charge is 2.38. The van der Waals surface area contributed by atoms with Gasteiger partial charge in [-0.2, -0.15) is 31.1 Å². The van der Waals surface area contributed by atoms with Gasteiger partial charge in [0.05, 0.1) is 30.3 Å². The number of halogens is 6. The number of nitrogens with zero attached hydrogens (tertiary/aromatic N) is 6. The summed E-state index contributed by atoms with van der Waals surface area (Å²) in [5.74, 6) is 0.126. The molecule has 2 atom stereocenters. The highest BCUT2D eigenvalue weighted by molar-refractivity contribution is 5.64. The molecular weight excluding hydrogens is 550 g/mol. The van der Waals surface area contributed by atoms with Crippen LogP contribution in [0.25, 0.3) is 0 Å². The van der Waals surface area contributed by atoms with E-state index in [4.69, 9.17) is 4.74 Å². The Morgan fingerprint density at radius 3 is 2.24 bits per heavy atom. The minimum atomic E-state index is -4.95. The van der Waals surface area contributed by atoms with Crippen molar-refractivity contribution in [3.8, 4) is 0 Å². The number of aryl methyl sites for hydroxylation is 3. The second kappa shape index (κ2) is 11.1. The molecular formula is C28H32F6N6O. The smallest absolute Gasteiger partial charge is 0.376 e. The number of ether oxygens (including phenoxy) is 1. The second-order valence-corrected chi connectivity index (χ2v) is 10.9. The Morgan fingerprint density at radius 2 is 1.66 bits per heavy atom. The molecule has 1 fully saturated rings. The fourth-order valence-corrected chi connectivity index (χ4v) is 5.98. The summed E-state index contributed by atoms with van der Waals surface area (Å²) >= 11 is 0. The first kappa shape index (κ1) is 29.2. The van der Waals surface area contributed by atoms with Gasteiger partial charge in [0.2, 0.25) is 0 Å². The highest BCUT2D eigenvalue weighted by atomic mass is 19.4. The fraction of sp³-hybridized carbons (Fsp3) is 0.536. The summed E-state index contributed by atoms with van der Waals surface area (Å²) < 4.78 is 87.9. The van der Waals surface area contributed by atoms with E-state index in [-0.39, 0.29) is 30.2 Å². The van der Waals surface area contributed by atoms with Gasteiger partial charge < -0.3 is 14.5 Å². The first-order valence-corrected chi connectivity index (χ1v) is 13.6. The first-order chi connectivity index (χ1) is 19.3. The molecule has 1 aromatic heterocycles. The summed E-state index contributed by atoms with van der Waals surface area (Å²) in [6.45, 7) is 5.87. The van der Waals surface area contributed by atoms with Gasteiger partial charge in [-0.15, -0.1) is 5.10 Å². The number of benzene rings is 2. The van der Waals surface area contributed by atoms with Gasteiger partial charge in [-0.3, -0.25) is 0 Å². The molecule has 1 saturated heterocycles. The maximum atomic E-state index is 13.7. The van der Waals surface area contributed by atoms with Crippen molar-refractivity contribution in [2.75, 3.05) is 29.5 Å². The number of rotatable bonds is 6. The van der Waals surface area contributed by atoms with Crippen molar-refractivity contribution in [2.45, 2.75) is 70.6 Å². The lowest BCUT2D eigenvalue weighted by Crippen LogP contribution is -2.34. The number of alkyl halides is 6. The number of aromatic nitrogens is 4. The Kier molecular flexibility index (Phi) is 7.92. The standard InChI is InChI=1S/C28H32F6N6O/c1-17-10-18(2)25-23(11-17)24(7-4-8-39(25)16-22-6-5-9-41-22)40(26-35-37-38(3)36-26)15-19-12-20(27(29,30)31)14-21(13-19)28(32,33)34/h10-14,22,24H,4-9,15-16H2,1-3H3/t22-,24?/m0/s1. The van der Waals surface area contributed by atoms with E-state index in [1.807, 2.05) is 19.9 Å². The van der Waals surface area contributed by atoms with Crippen LogP contribution in [-0.2, 0) is 30.7 Å². The monoisotopic (exact) mass is 582 g/mol. The van der Waals surface area contributed by atoms with E-state index < -0.39 is 29.5 Å². The van der Waals surface area contributed by atoms with Gasteiger partial charge in [0.1, 0.15) is 0 Å². The molecule has 222 valence electrons. The van der Waals surface area contributed by atoms with Gasteiger partial charge in [-0.1, -0.05) is 22.8 Å². The van der Waals surface area contributed by atoms with E-state index >= 15 is 0 Å². The van der Waals surface area contributed by atoms with Gasteiger partial charge in [0, 0.05) is 31.9 Å². The lowest BCUT2D eigenvalue weighted by atomic mass is 9.94. The van der Waals surface area contributed by atoms with E-state index in [9.17, 15) is 26.3 Å².